The Kier molecular flexibility index (Phi) is 6.77. The SMILES string of the molecule is O=C(COCc1nnc(C(=O)Nc2ccccc2)s1)NCc1ccccc1F. The Morgan fingerprint density at radius 3 is 2.57 bits per heavy atom. The number of hydrogen-bond acceptors (Lipinski definition) is 6. The van der Waals surface area contributed by atoms with E-state index in [9.17, 15) is 14.0 Å². The summed E-state index contributed by atoms with van der Waals surface area (Å²) in [5.41, 5.74) is 1.06. The molecule has 2 N–H and O–H groups in total. The van der Waals surface area contributed by atoms with Crippen LogP contribution in [-0.2, 0) is 22.7 Å². The van der Waals surface area contributed by atoms with Gasteiger partial charge in [0.2, 0.25) is 10.9 Å². The van der Waals surface area contributed by atoms with Gasteiger partial charge in [-0.15, -0.1) is 10.2 Å². The minimum Gasteiger partial charge on any atom is -0.364 e. The molecular formula is C19H17FN4O3S. The van der Waals surface area contributed by atoms with Crippen molar-refractivity contribution < 1.29 is 18.7 Å². The molecule has 0 radical (unpaired) electrons. The molecule has 1 aromatic heterocycles. The first-order chi connectivity index (χ1) is 13.6. The van der Waals surface area contributed by atoms with Crippen molar-refractivity contribution in [2.75, 3.05) is 11.9 Å². The predicted octanol–water partition coefficient (Wildman–Crippen LogP) is 2.76. The van der Waals surface area contributed by atoms with Gasteiger partial charge >= 0.3 is 0 Å². The lowest BCUT2D eigenvalue weighted by molar-refractivity contribution is -0.126. The molecule has 2 amide bonds. The highest BCUT2D eigenvalue weighted by Gasteiger charge is 2.13. The Bertz CT molecular complexity index is 949. The van der Waals surface area contributed by atoms with Gasteiger partial charge in [0.1, 0.15) is 24.0 Å². The van der Waals surface area contributed by atoms with E-state index in [1.807, 2.05) is 18.2 Å². The molecule has 2 aromatic carbocycles. The molecule has 28 heavy (non-hydrogen) atoms. The van der Waals surface area contributed by atoms with Gasteiger partial charge in [-0.2, -0.15) is 0 Å². The number of amides is 2. The fraction of sp³-hybridized carbons (Fsp3) is 0.158. The van der Waals surface area contributed by atoms with Crippen molar-refractivity contribution in [2.24, 2.45) is 0 Å². The van der Waals surface area contributed by atoms with Crippen molar-refractivity contribution >= 4 is 28.8 Å². The van der Waals surface area contributed by atoms with Crippen molar-refractivity contribution in [2.45, 2.75) is 13.2 Å². The van der Waals surface area contributed by atoms with E-state index < -0.39 is 0 Å². The van der Waals surface area contributed by atoms with E-state index in [4.69, 9.17) is 4.74 Å². The van der Waals surface area contributed by atoms with Crippen molar-refractivity contribution in [1.82, 2.24) is 15.5 Å². The normalized spacial score (nSPS) is 10.5. The van der Waals surface area contributed by atoms with Crippen LogP contribution in [0.25, 0.3) is 0 Å². The number of aromatic nitrogens is 2. The summed E-state index contributed by atoms with van der Waals surface area (Å²) >= 11 is 1.08. The molecule has 0 bridgehead atoms. The third kappa shape index (κ3) is 5.66. The standard InChI is InChI=1S/C19H17FN4O3S/c20-15-9-5-4-6-13(15)10-21-16(25)11-27-12-17-23-24-19(28-17)18(26)22-14-7-2-1-3-8-14/h1-9H,10-12H2,(H,21,25)(H,22,26). The van der Waals surface area contributed by atoms with Gasteiger partial charge in [-0.05, 0) is 18.2 Å². The second-order valence-electron chi connectivity index (χ2n) is 5.68. The van der Waals surface area contributed by atoms with E-state index in [-0.39, 0.29) is 42.4 Å². The topological polar surface area (TPSA) is 93.2 Å². The number of nitrogens with zero attached hydrogens (tertiary/aromatic N) is 2. The average Bonchev–Trinajstić information content (AvgIpc) is 3.17. The molecule has 9 heteroatoms. The third-order valence-corrected chi connectivity index (χ3v) is 4.48. The first-order valence-electron chi connectivity index (χ1n) is 8.38. The quantitative estimate of drug-likeness (QED) is 0.607. The van der Waals surface area contributed by atoms with Crippen LogP contribution in [0.15, 0.2) is 54.6 Å². The molecule has 0 saturated heterocycles. The van der Waals surface area contributed by atoms with E-state index in [0.717, 1.165) is 11.3 Å². The van der Waals surface area contributed by atoms with Gasteiger partial charge in [-0.1, -0.05) is 47.7 Å². The largest absolute Gasteiger partial charge is 0.364 e. The molecule has 0 aliphatic heterocycles. The first-order valence-corrected chi connectivity index (χ1v) is 9.20. The van der Waals surface area contributed by atoms with Crippen LogP contribution in [0, 0.1) is 5.82 Å². The van der Waals surface area contributed by atoms with E-state index in [0.29, 0.717) is 16.3 Å². The number of carbonyl (C=O) groups is 2. The van der Waals surface area contributed by atoms with Gasteiger partial charge in [0.05, 0.1) is 0 Å². The Hall–Kier alpha value is -3.17. The molecule has 3 rings (SSSR count). The van der Waals surface area contributed by atoms with E-state index in [2.05, 4.69) is 20.8 Å². The molecule has 0 aliphatic rings. The lowest BCUT2D eigenvalue weighted by Gasteiger charge is -2.06. The first kappa shape index (κ1) is 19.6. The summed E-state index contributed by atoms with van der Waals surface area (Å²) in [5.74, 6) is -1.12. The van der Waals surface area contributed by atoms with Crippen molar-refractivity contribution in [3.05, 3.63) is 76.0 Å². The molecule has 7 nitrogen and oxygen atoms in total. The number of carbonyl (C=O) groups excluding carboxylic acids is 2. The Labute approximate surface area is 164 Å². The summed E-state index contributed by atoms with van der Waals surface area (Å²) in [6.45, 7) is -0.0829. The zero-order chi connectivity index (χ0) is 19.8. The highest BCUT2D eigenvalue weighted by Crippen LogP contribution is 2.14. The van der Waals surface area contributed by atoms with Crippen LogP contribution >= 0.6 is 11.3 Å². The number of halogens is 1. The highest BCUT2D eigenvalue weighted by molar-refractivity contribution is 7.13. The number of ether oxygens (including phenoxy) is 1. The lowest BCUT2D eigenvalue weighted by atomic mass is 10.2. The lowest BCUT2D eigenvalue weighted by Crippen LogP contribution is -2.27. The van der Waals surface area contributed by atoms with Gasteiger partial charge in [0.25, 0.3) is 5.91 Å². The molecular weight excluding hydrogens is 383 g/mol. The second-order valence-corrected chi connectivity index (χ2v) is 6.74. The molecule has 144 valence electrons. The summed E-state index contributed by atoms with van der Waals surface area (Å²) in [4.78, 5) is 23.9. The highest BCUT2D eigenvalue weighted by atomic mass is 32.1. The second kappa shape index (κ2) is 9.67. The van der Waals surface area contributed by atoms with Crippen molar-refractivity contribution in [3.8, 4) is 0 Å². The van der Waals surface area contributed by atoms with Gasteiger partial charge in [-0.25, -0.2) is 4.39 Å². The molecule has 0 saturated carbocycles. The molecule has 3 aromatic rings. The Morgan fingerprint density at radius 2 is 1.79 bits per heavy atom. The van der Waals surface area contributed by atoms with Crippen LogP contribution in [0.1, 0.15) is 20.4 Å². The molecule has 0 fully saturated rings. The number of rotatable bonds is 8. The van der Waals surface area contributed by atoms with Gasteiger partial charge < -0.3 is 15.4 Å². The maximum Gasteiger partial charge on any atom is 0.286 e. The minimum atomic E-state index is -0.380. The molecule has 0 atom stereocenters. The Balaban J connectivity index is 1.41. The van der Waals surface area contributed by atoms with Crippen molar-refractivity contribution in [1.29, 1.82) is 0 Å². The fourth-order valence-electron chi connectivity index (χ4n) is 2.23. The zero-order valence-corrected chi connectivity index (χ0v) is 15.5. The van der Waals surface area contributed by atoms with E-state index in [1.165, 1.54) is 6.07 Å². The van der Waals surface area contributed by atoms with Crippen LogP contribution in [0.2, 0.25) is 0 Å². The molecule has 1 heterocycles. The Morgan fingerprint density at radius 1 is 1.04 bits per heavy atom. The molecule has 0 spiro atoms. The molecule has 0 aliphatic carbocycles. The fourth-order valence-corrected chi connectivity index (χ4v) is 2.90. The van der Waals surface area contributed by atoms with Crippen LogP contribution in [0.5, 0.6) is 0 Å². The number of anilines is 1. The summed E-state index contributed by atoms with van der Waals surface area (Å²) in [7, 11) is 0. The zero-order valence-electron chi connectivity index (χ0n) is 14.7. The van der Waals surface area contributed by atoms with Crippen LogP contribution < -0.4 is 10.6 Å². The number of benzene rings is 2. The summed E-state index contributed by atoms with van der Waals surface area (Å²) < 4.78 is 18.8. The number of para-hydroxylation sites is 1. The van der Waals surface area contributed by atoms with E-state index in [1.54, 1.807) is 30.3 Å². The minimum absolute atomic E-state index is 0.0450. The van der Waals surface area contributed by atoms with Crippen LogP contribution in [-0.4, -0.2) is 28.6 Å². The van der Waals surface area contributed by atoms with Crippen LogP contribution in [0.3, 0.4) is 0 Å². The summed E-state index contributed by atoms with van der Waals surface area (Å²) in [5, 5.41) is 13.7. The monoisotopic (exact) mass is 400 g/mol. The maximum atomic E-state index is 13.5. The van der Waals surface area contributed by atoms with Crippen molar-refractivity contribution in [3.63, 3.8) is 0 Å². The average molecular weight is 400 g/mol. The van der Waals surface area contributed by atoms with Crippen LogP contribution in [0.4, 0.5) is 10.1 Å². The smallest absolute Gasteiger partial charge is 0.286 e. The predicted molar refractivity (Wildman–Crippen MR) is 102 cm³/mol. The van der Waals surface area contributed by atoms with Gasteiger partial charge in [0, 0.05) is 17.8 Å². The van der Waals surface area contributed by atoms with Gasteiger partial charge in [0.15, 0.2) is 0 Å². The summed E-state index contributed by atoms with van der Waals surface area (Å²) in [6.07, 6.45) is 0. The van der Waals surface area contributed by atoms with E-state index >= 15 is 0 Å². The number of hydrogen-bond donors (Lipinski definition) is 2. The molecule has 0 unspecified atom stereocenters. The maximum absolute atomic E-state index is 13.5. The number of nitrogens with one attached hydrogen (secondary N) is 2. The third-order valence-electron chi connectivity index (χ3n) is 3.59. The van der Waals surface area contributed by atoms with Gasteiger partial charge in [-0.3, -0.25) is 9.59 Å². The summed E-state index contributed by atoms with van der Waals surface area (Å²) in [6, 6.07) is 15.2.